The minimum absolute atomic E-state index is 0.310. The summed E-state index contributed by atoms with van der Waals surface area (Å²) in [5, 5.41) is 1.22. The minimum Gasteiger partial charge on any atom is -0.455 e. The number of furan rings is 1. The Hall–Kier alpha value is -3.99. The van der Waals surface area contributed by atoms with Crippen molar-refractivity contribution in [3.05, 3.63) is 90.4 Å². The van der Waals surface area contributed by atoms with Gasteiger partial charge in [-0.05, 0) is 48.9 Å². The summed E-state index contributed by atoms with van der Waals surface area (Å²) >= 11 is 0. The van der Waals surface area contributed by atoms with Crippen molar-refractivity contribution in [3.63, 3.8) is 0 Å². The number of nitrogens with zero attached hydrogens (tertiary/aromatic N) is 3. The number of benzene rings is 3. The van der Waals surface area contributed by atoms with Gasteiger partial charge in [0.05, 0.1) is 10.9 Å². The smallest absolute Gasteiger partial charge is 0.164 e. The van der Waals surface area contributed by atoms with E-state index in [2.05, 4.69) is 4.98 Å². The lowest BCUT2D eigenvalue weighted by atomic mass is 10.1. The van der Waals surface area contributed by atoms with E-state index in [1.165, 1.54) is 6.07 Å². The molecule has 3 aromatic carbocycles. The Labute approximate surface area is 171 Å². The SMILES string of the molecule is Cc1cnc2c(c1)nc(-c1ccc(F)c3c1oc1ccccc13)n2-c1ccccc1. The van der Waals surface area contributed by atoms with Crippen LogP contribution in [0.1, 0.15) is 5.56 Å². The zero-order valence-electron chi connectivity index (χ0n) is 16.1. The van der Waals surface area contributed by atoms with Gasteiger partial charge in [-0.2, -0.15) is 0 Å². The summed E-state index contributed by atoms with van der Waals surface area (Å²) in [5.74, 6) is 0.355. The van der Waals surface area contributed by atoms with Crippen LogP contribution in [0.15, 0.2) is 83.4 Å². The van der Waals surface area contributed by atoms with Crippen molar-refractivity contribution in [2.45, 2.75) is 6.92 Å². The summed E-state index contributed by atoms with van der Waals surface area (Å²) in [6.07, 6.45) is 1.83. The van der Waals surface area contributed by atoms with Gasteiger partial charge in [-0.15, -0.1) is 0 Å². The normalized spacial score (nSPS) is 11.7. The molecule has 0 saturated heterocycles. The van der Waals surface area contributed by atoms with Crippen LogP contribution >= 0.6 is 0 Å². The molecular weight excluding hydrogens is 377 g/mol. The van der Waals surface area contributed by atoms with Gasteiger partial charge in [0.15, 0.2) is 11.5 Å². The van der Waals surface area contributed by atoms with Gasteiger partial charge in [0.2, 0.25) is 0 Å². The molecule has 0 spiro atoms. The largest absolute Gasteiger partial charge is 0.455 e. The molecule has 5 heteroatoms. The van der Waals surface area contributed by atoms with Crippen molar-refractivity contribution >= 4 is 33.1 Å². The van der Waals surface area contributed by atoms with E-state index >= 15 is 0 Å². The van der Waals surface area contributed by atoms with E-state index in [0.29, 0.717) is 22.4 Å². The Morgan fingerprint density at radius 1 is 0.933 bits per heavy atom. The second-order valence-electron chi connectivity index (χ2n) is 7.36. The summed E-state index contributed by atoms with van der Waals surface area (Å²) in [6, 6.07) is 22.6. The first-order valence-corrected chi connectivity index (χ1v) is 9.71. The molecule has 0 radical (unpaired) electrons. The molecule has 3 aromatic heterocycles. The van der Waals surface area contributed by atoms with Crippen LogP contribution in [0.4, 0.5) is 4.39 Å². The van der Waals surface area contributed by atoms with E-state index in [4.69, 9.17) is 9.40 Å². The molecule has 0 N–H and O–H groups in total. The molecule has 6 rings (SSSR count). The first-order chi connectivity index (χ1) is 14.7. The van der Waals surface area contributed by atoms with Gasteiger partial charge >= 0.3 is 0 Å². The van der Waals surface area contributed by atoms with Crippen LogP contribution in [-0.2, 0) is 0 Å². The zero-order valence-corrected chi connectivity index (χ0v) is 16.1. The standard InChI is InChI=1S/C25H16FN3O/c1-15-13-20-25(27-14-15)29(16-7-3-2-4-8-16)24(28-20)18-11-12-19(26)22-17-9-5-6-10-21(17)30-23(18)22/h2-14H,1H3. The number of aromatic nitrogens is 3. The molecule has 4 nitrogen and oxygen atoms in total. The number of aryl methyl sites for hydroxylation is 1. The van der Waals surface area contributed by atoms with Gasteiger partial charge in [0.25, 0.3) is 0 Å². The number of rotatable bonds is 2. The van der Waals surface area contributed by atoms with Crippen molar-refractivity contribution in [2.24, 2.45) is 0 Å². The van der Waals surface area contributed by atoms with Crippen LogP contribution in [0.5, 0.6) is 0 Å². The van der Waals surface area contributed by atoms with Gasteiger partial charge in [-0.1, -0.05) is 36.4 Å². The van der Waals surface area contributed by atoms with E-state index in [0.717, 1.165) is 33.4 Å². The Bertz CT molecular complexity index is 1560. The summed E-state index contributed by atoms with van der Waals surface area (Å²) in [5.41, 5.74) is 5.34. The van der Waals surface area contributed by atoms with Gasteiger partial charge in [-0.25, -0.2) is 14.4 Å². The molecule has 0 amide bonds. The Morgan fingerprint density at radius 3 is 2.60 bits per heavy atom. The average molecular weight is 393 g/mol. The predicted octanol–water partition coefficient (Wildman–Crippen LogP) is 6.43. The predicted molar refractivity (Wildman–Crippen MR) is 116 cm³/mol. The number of imidazole rings is 1. The van der Waals surface area contributed by atoms with Crippen LogP contribution in [0, 0.1) is 12.7 Å². The lowest BCUT2D eigenvalue weighted by Gasteiger charge is -2.09. The maximum absolute atomic E-state index is 14.8. The molecule has 144 valence electrons. The van der Waals surface area contributed by atoms with Gasteiger partial charge < -0.3 is 4.42 Å². The number of para-hydroxylation sites is 2. The fourth-order valence-electron chi connectivity index (χ4n) is 4.03. The number of fused-ring (bicyclic) bond motifs is 4. The molecule has 0 fully saturated rings. The number of halogens is 1. The third kappa shape index (κ3) is 2.38. The maximum Gasteiger partial charge on any atom is 0.164 e. The molecule has 0 bridgehead atoms. The third-order valence-corrected chi connectivity index (χ3v) is 5.36. The third-order valence-electron chi connectivity index (χ3n) is 5.36. The van der Waals surface area contributed by atoms with Crippen molar-refractivity contribution in [1.29, 1.82) is 0 Å². The van der Waals surface area contributed by atoms with Crippen molar-refractivity contribution in [3.8, 4) is 17.1 Å². The maximum atomic E-state index is 14.8. The quantitative estimate of drug-likeness (QED) is 0.340. The Kier molecular flexibility index (Phi) is 3.53. The molecule has 0 aliphatic heterocycles. The number of pyridine rings is 1. The topological polar surface area (TPSA) is 43.9 Å². The van der Waals surface area contributed by atoms with Crippen molar-refractivity contribution in [1.82, 2.24) is 14.5 Å². The van der Waals surface area contributed by atoms with E-state index < -0.39 is 0 Å². The highest BCUT2D eigenvalue weighted by Crippen LogP contribution is 2.38. The van der Waals surface area contributed by atoms with Gasteiger partial charge in [0, 0.05) is 17.3 Å². The van der Waals surface area contributed by atoms with Crippen molar-refractivity contribution < 1.29 is 8.81 Å². The summed E-state index contributed by atoms with van der Waals surface area (Å²) in [4.78, 5) is 9.53. The summed E-state index contributed by atoms with van der Waals surface area (Å²) in [7, 11) is 0. The molecule has 30 heavy (non-hydrogen) atoms. The molecule has 6 aromatic rings. The highest BCUT2D eigenvalue weighted by Gasteiger charge is 2.22. The summed E-state index contributed by atoms with van der Waals surface area (Å²) < 4.78 is 22.9. The Balaban J connectivity index is 1.76. The fraction of sp³-hybridized carbons (Fsp3) is 0.0400. The van der Waals surface area contributed by atoms with E-state index in [-0.39, 0.29) is 5.82 Å². The highest BCUT2D eigenvalue weighted by atomic mass is 19.1. The van der Waals surface area contributed by atoms with E-state index in [9.17, 15) is 4.39 Å². The molecule has 3 heterocycles. The highest BCUT2D eigenvalue weighted by molar-refractivity contribution is 6.09. The average Bonchev–Trinajstić information content (AvgIpc) is 3.33. The zero-order chi connectivity index (χ0) is 20.2. The van der Waals surface area contributed by atoms with Gasteiger partial charge in [-0.3, -0.25) is 4.57 Å². The fourth-order valence-corrected chi connectivity index (χ4v) is 4.03. The molecule has 0 aliphatic carbocycles. The lowest BCUT2D eigenvalue weighted by molar-refractivity contribution is 0.634. The molecule has 0 aliphatic rings. The first kappa shape index (κ1) is 16.9. The molecular formula is C25H16FN3O. The van der Waals surface area contributed by atoms with Crippen LogP contribution in [0.3, 0.4) is 0 Å². The van der Waals surface area contributed by atoms with Crippen LogP contribution < -0.4 is 0 Å². The van der Waals surface area contributed by atoms with Crippen LogP contribution in [0.25, 0.3) is 50.2 Å². The molecule has 0 unspecified atom stereocenters. The van der Waals surface area contributed by atoms with E-state index in [1.807, 2.05) is 78.4 Å². The van der Waals surface area contributed by atoms with E-state index in [1.54, 1.807) is 6.07 Å². The van der Waals surface area contributed by atoms with Crippen molar-refractivity contribution in [2.75, 3.05) is 0 Å². The number of hydrogen-bond acceptors (Lipinski definition) is 3. The van der Waals surface area contributed by atoms with Crippen LogP contribution in [-0.4, -0.2) is 14.5 Å². The molecule has 0 saturated carbocycles. The monoisotopic (exact) mass is 393 g/mol. The van der Waals surface area contributed by atoms with Crippen LogP contribution in [0.2, 0.25) is 0 Å². The summed E-state index contributed by atoms with van der Waals surface area (Å²) in [6.45, 7) is 1.99. The second-order valence-corrected chi connectivity index (χ2v) is 7.36. The minimum atomic E-state index is -0.310. The van der Waals surface area contributed by atoms with Gasteiger partial charge in [0.1, 0.15) is 22.5 Å². The number of hydrogen-bond donors (Lipinski definition) is 0. The first-order valence-electron chi connectivity index (χ1n) is 9.71. The molecule has 0 atom stereocenters. The second kappa shape index (κ2) is 6.26. The lowest BCUT2D eigenvalue weighted by Crippen LogP contribution is -1.99. The Morgan fingerprint density at radius 2 is 1.73 bits per heavy atom.